The zero-order chi connectivity index (χ0) is 19.7. The molecule has 0 aliphatic heterocycles. The van der Waals surface area contributed by atoms with Crippen molar-refractivity contribution in [1.82, 2.24) is 0 Å². The van der Waals surface area contributed by atoms with Crippen molar-refractivity contribution < 1.29 is 14.7 Å². The van der Waals surface area contributed by atoms with Gasteiger partial charge in [0, 0.05) is 15.8 Å². The van der Waals surface area contributed by atoms with Gasteiger partial charge >= 0.3 is 5.97 Å². The average molecular weight is 412 g/mol. The molecule has 1 saturated carbocycles. The zero-order valence-corrected chi connectivity index (χ0v) is 16.5. The highest BCUT2D eigenvalue weighted by atomic mass is 35.5. The quantitative estimate of drug-likeness (QED) is 0.565. The zero-order valence-electron chi connectivity index (χ0n) is 15.0. The maximum absolute atomic E-state index is 13.0. The highest BCUT2D eigenvalue weighted by molar-refractivity contribution is 7.18. The van der Waals surface area contributed by atoms with Gasteiger partial charge in [0.15, 0.2) is 0 Å². The van der Waals surface area contributed by atoms with E-state index in [0.29, 0.717) is 10.7 Å². The maximum atomic E-state index is 13.0. The number of carbonyl (C=O) groups excluding carboxylic acids is 1. The summed E-state index contributed by atoms with van der Waals surface area (Å²) in [6.07, 6.45) is 1.69. The fraction of sp³-hybridized carbons (Fsp3) is 0.182. The topological polar surface area (TPSA) is 57.6 Å². The predicted molar refractivity (Wildman–Crippen MR) is 112 cm³/mol. The van der Waals surface area contributed by atoms with Gasteiger partial charge in [0.1, 0.15) is 4.88 Å². The lowest BCUT2D eigenvalue weighted by molar-refractivity contribution is -0.119. The van der Waals surface area contributed by atoms with E-state index in [0.717, 1.165) is 28.8 Å². The monoisotopic (exact) mass is 411 g/mol. The number of carboxylic acids is 1. The summed E-state index contributed by atoms with van der Waals surface area (Å²) in [6.45, 7) is 0.250. The molecule has 28 heavy (non-hydrogen) atoms. The number of carbonyl (C=O) groups is 2. The Morgan fingerprint density at radius 1 is 1.07 bits per heavy atom. The highest BCUT2D eigenvalue weighted by Gasteiger charge is 2.36. The number of hydrogen-bond acceptors (Lipinski definition) is 3. The van der Waals surface area contributed by atoms with E-state index >= 15 is 0 Å². The summed E-state index contributed by atoms with van der Waals surface area (Å²) in [5, 5.41) is 10.3. The number of benzene rings is 2. The molecule has 1 amide bonds. The van der Waals surface area contributed by atoms with E-state index < -0.39 is 5.97 Å². The van der Waals surface area contributed by atoms with E-state index in [2.05, 4.69) is 0 Å². The van der Waals surface area contributed by atoms with Crippen molar-refractivity contribution >= 4 is 40.5 Å². The number of anilines is 1. The molecule has 0 radical (unpaired) electrons. The van der Waals surface area contributed by atoms with Gasteiger partial charge in [0.25, 0.3) is 0 Å². The van der Waals surface area contributed by atoms with Crippen molar-refractivity contribution in [3.63, 3.8) is 0 Å². The van der Waals surface area contributed by atoms with E-state index in [4.69, 9.17) is 11.6 Å². The van der Waals surface area contributed by atoms with E-state index in [-0.39, 0.29) is 23.2 Å². The first-order valence-corrected chi connectivity index (χ1v) is 10.2. The van der Waals surface area contributed by atoms with Gasteiger partial charge in [0.05, 0.1) is 12.2 Å². The summed E-state index contributed by atoms with van der Waals surface area (Å²) in [5.41, 5.74) is 2.16. The highest BCUT2D eigenvalue weighted by Crippen LogP contribution is 2.40. The van der Waals surface area contributed by atoms with Gasteiger partial charge in [0.2, 0.25) is 5.91 Å². The summed E-state index contributed by atoms with van der Waals surface area (Å²) in [6, 6.07) is 18.7. The van der Waals surface area contributed by atoms with E-state index in [1.54, 1.807) is 17.0 Å². The van der Waals surface area contributed by atoms with Crippen molar-refractivity contribution in [2.75, 3.05) is 4.90 Å². The van der Waals surface area contributed by atoms with Gasteiger partial charge < -0.3 is 10.0 Å². The van der Waals surface area contributed by atoms with Crippen LogP contribution in [0.3, 0.4) is 0 Å². The Morgan fingerprint density at radius 2 is 1.75 bits per heavy atom. The Labute approximate surface area is 172 Å². The number of rotatable bonds is 6. The third kappa shape index (κ3) is 3.81. The van der Waals surface area contributed by atoms with Gasteiger partial charge in [-0.2, -0.15) is 0 Å². The van der Waals surface area contributed by atoms with E-state index in [9.17, 15) is 14.7 Å². The summed E-state index contributed by atoms with van der Waals surface area (Å²) >= 11 is 7.49. The van der Waals surface area contributed by atoms with Crippen molar-refractivity contribution in [2.24, 2.45) is 5.92 Å². The van der Waals surface area contributed by atoms with Crippen LogP contribution >= 0.6 is 22.9 Å². The second-order valence-corrected chi connectivity index (χ2v) is 8.25. The molecule has 1 aliphatic carbocycles. The van der Waals surface area contributed by atoms with Crippen molar-refractivity contribution in [3.05, 3.63) is 76.1 Å². The van der Waals surface area contributed by atoms with Gasteiger partial charge in [-0.25, -0.2) is 4.79 Å². The molecule has 1 N–H and O–H groups in total. The lowest BCUT2D eigenvalue weighted by Crippen LogP contribution is -2.32. The molecule has 1 aromatic heterocycles. The Balaban J connectivity index is 1.79. The number of hydrogen-bond donors (Lipinski definition) is 1. The van der Waals surface area contributed by atoms with Crippen molar-refractivity contribution in [3.8, 4) is 10.4 Å². The molecule has 4 nitrogen and oxygen atoms in total. The Kier molecular flexibility index (Phi) is 5.20. The molecule has 2 aromatic carbocycles. The number of halogens is 1. The van der Waals surface area contributed by atoms with E-state index in [1.807, 2.05) is 48.5 Å². The standard InChI is InChI=1S/C22H18ClNO3S/c23-17-9-5-4-8-16(17)13-24(21(25)15-10-11-15)18-12-19(28-20(18)22(26)27)14-6-2-1-3-7-14/h1-9,12,15H,10-11,13H2,(H,26,27). The fourth-order valence-electron chi connectivity index (χ4n) is 3.11. The van der Waals surface area contributed by atoms with E-state index in [1.165, 1.54) is 11.3 Å². The van der Waals surface area contributed by atoms with Crippen LogP contribution in [0.5, 0.6) is 0 Å². The van der Waals surface area contributed by atoms with Crippen LogP contribution in [0.1, 0.15) is 28.1 Å². The molecule has 0 saturated heterocycles. The number of carboxylic acid groups (broad SMARTS) is 1. The third-order valence-corrected chi connectivity index (χ3v) is 6.26. The Hall–Kier alpha value is -2.63. The molecule has 1 heterocycles. The van der Waals surface area contributed by atoms with Crippen LogP contribution in [0.4, 0.5) is 5.69 Å². The van der Waals surface area contributed by atoms with Crippen molar-refractivity contribution in [2.45, 2.75) is 19.4 Å². The van der Waals surface area contributed by atoms with Crippen molar-refractivity contribution in [1.29, 1.82) is 0 Å². The molecule has 0 bridgehead atoms. The van der Waals surface area contributed by atoms with Gasteiger partial charge in [-0.1, -0.05) is 60.1 Å². The fourth-order valence-corrected chi connectivity index (χ4v) is 4.31. The minimum atomic E-state index is -1.03. The molecular formula is C22H18ClNO3S. The number of aromatic carboxylic acids is 1. The summed E-state index contributed by atoms with van der Waals surface area (Å²) < 4.78 is 0. The molecule has 0 spiro atoms. The molecule has 6 heteroatoms. The second-order valence-electron chi connectivity index (χ2n) is 6.79. The van der Waals surface area contributed by atoms with Crippen LogP contribution < -0.4 is 4.90 Å². The molecule has 4 rings (SSSR count). The predicted octanol–water partition coefficient (Wildman–Crippen LogP) is 5.71. The Bertz CT molecular complexity index is 1030. The molecule has 0 unspecified atom stereocenters. The average Bonchev–Trinajstić information content (AvgIpc) is 3.46. The largest absolute Gasteiger partial charge is 0.477 e. The number of thiophene rings is 1. The van der Waals surface area contributed by atoms with Crippen LogP contribution in [-0.2, 0) is 11.3 Å². The summed E-state index contributed by atoms with van der Waals surface area (Å²) in [4.78, 5) is 27.6. The van der Waals surface area contributed by atoms with Gasteiger partial charge in [-0.15, -0.1) is 11.3 Å². The molecular weight excluding hydrogens is 394 g/mol. The smallest absolute Gasteiger partial charge is 0.348 e. The van der Waals surface area contributed by atoms with Crippen LogP contribution in [0.25, 0.3) is 10.4 Å². The molecule has 142 valence electrons. The molecule has 0 atom stereocenters. The lowest BCUT2D eigenvalue weighted by Gasteiger charge is -2.23. The first kappa shape index (κ1) is 18.7. The maximum Gasteiger partial charge on any atom is 0.348 e. The normalized spacial score (nSPS) is 13.3. The lowest BCUT2D eigenvalue weighted by atomic mass is 10.1. The minimum absolute atomic E-state index is 0.0378. The summed E-state index contributed by atoms with van der Waals surface area (Å²) in [7, 11) is 0. The third-order valence-electron chi connectivity index (χ3n) is 4.73. The van der Waals surface area contributed by atoms with Crippen LogP contribution in [-0.4, -0.2) is 17.0 Å². The first-order chi connectivity index (χ1) is 13.5. The van der Waals surface area contributed by atoms with Gasteiger partial charge in [-0.05, 0) is 36.1 Å². The molecule has 1 aliphatic rings. The number of nitrogens with zero attached hydrogens (tertiary/aromatic N) is 1. The second kappa shape index (κ2) is 7.78. The Morgan fingerprint density at radius 3 is 2.39 bits per heavy atom. The SMILES string of the molecule is O=C(O)c1sc(-c2ccccc2)cc1N(Cc1ccccc1Cl)C(=O)C1CC1. The van der Waals surface area contributed by atoms with Crippen LogP contribution in [0.2, 0.25) is 5.02 Å². The number of amides is 1. The minimum Gasteiger partial charge on any atom is -0.477 e. The molecule has 1 fully saturated rings. The van der Waals surface area contributed by atoms with Crippen LogP contribution in [0.15, 0.2) is 60.7 Å². The first-order valence-electron chi connectivity index (χ1n) is 9.02. The van der Waals surface area contributed by atoms with Crippen LogP contribution in [0, 0.1) is 5.92 Å². The van der Waals surface area contributed by atoms with Gasteiger partial charge in [-0.3, -0.25) is 4.79 Å². The molecule has 3 aromatic rings. The summed E-state index contributed by atoms with van der Waals surface area (Å²) in [5.74, 6) is -1.11.